The minimum absolute atomic E-state index is 0.00328. The molecule has 1 atom stereocenters. The fraction of sp³-hybridized carbons (Fsp3) is 0.632. The normalized spacial score (nSPS) is 22.4. The van der Waals surface area contributed by atoms with Crippen molar-refractivity contribution >= 4 is 11.8 Å². The zero-order valence-electron chi connectivity index (χ0n) is 14.4. The summed E-state index contributed by atoms with van der Waals surface area (Å²) in [5.41, 5.74) is 1.86. The molecule has 2 rings (SSSR count). The van der Waals surface area contributed by atoms with Crippen molar-refractivity contribution in [3.63, 3.8) is 0 Å². The lowest BCUT2D eigenvalue weighted by molar-refractivity contribution is -0.152. The van der Waals surface area contributed by atoms with Crippen molar-refractivity contribution < 1.29 is 14.3 Å². The van der Waals surface area contributed by atoms with Gasteiger partial charge < -0.3 is 4.74 Å². The van der Waals surface area contributed by atoms with E-state index in [2.05, 4.69) is 11.9 Å². The Hall–Kier alpha value is -1.71. The Balaban J connectivity index is 2.13. The zero-order valence-corrected chi connectivity index (χ0v) is 14.4. The van der Waals surface area contributed by atoms with Gasteiger partial charge in [-0.05, 0) is 56.7 Å². The number of Topliss-reactive ketones (excluding diaryl/α,β-unsaturated/α-hetero) is 1. The maximum absolute atomic E-state index is 12.9. The number of hydrogen-bond donors (Lipinski definition) is 0. The molecular weight excluding hydrogens is 290 g/mol. The van der Waals surface area contributed by atoms with Crippen LogP contribution in [0.1, 0.15) is 50.8 Å². The molecule has 1 unspecified atom stereocenters. The molecule has 23 heavy (non-hydrogen) atoms. The molecule has 0 amide bonds. The van der Waals surface area contributed by atoms with Crippen molar-refractivity contribution in [2.75, 3.05) is 6.61 Å². The van der Waals surface area contributed by atoms with Crippen LogP contribution in [0.3, 0.4) is 0 Å². The molecule has 0 aromatic carbocycles. The highest BCUT2D eigenvalue weighted by molar-refractivity contribution is 6.00. The SMILES string of the molecule is CCOC(=O)C(Cc1ccnc(C)c1)C(=O)C1CCC(C)CC1. The van der Waals surface area contributed by atoms with Crippen LogP contribution >= 0.6 is 0 Å². The summed E-state index contributed by atoms with van der Waals surface area (Å²) in [7, 11) is 0. The molecule has 126 valence electrons. The smallest absolute Gasteiger partial charge is 0.316 e. The first kappa shape index (κ1) is 17.6. The molecule has 1 saturated carbocycles. The second-order valence-electron chi connectivity index (χ2n) is 6.67. The number of aryl methyl sites for hydroxylation is 1. The van der Waals surface area contributed by atoms with Crippen molar-refractivity contribution in [1.82, 2.24) is 4.98 Å². The number of pyridine rings is 1. The fourth-order valence-electron chi connectivity index (χ4n) is 3.34. The highest BCUT2D eigenvalue weighted by Gasteiger charge is 2.35. The molecule has 0 N–H and O–H groups in total. The van der Waals surface area contributed by atoms with E-state index in [1.807, 2.05) is 19.1 Å². The lowest BCUT2D eigenvalue weighted by Crippen LogP contribution is -2.34. The van der Waals surface area contributed by atoms with Crippen LogP contribution in [-0.2, 0) is 20.7 Å². The van der Waals surface area contributed by atoms with E-state index in [0.29, 0.717) is 18.9 Å². The van der Waals surface area contributed by atoms with Gasteiger partial charge in [0.25, 0.3) is 0 Å². The van der Waals surface area contributed by atoms with E-state index < -0.39 is 5.92 Å². The molecule has 0 aliphatic heterocycles. The van der Waals surface area contributed by atoms with Crippen LogP contribution in [0.2, 0.25) is 0 Å². The van der Waals surface area contributed by atoms with Crippen LogP contribution < -0.4 is 0 Å². The Labute approximate surface area is 138 Å². The van der Waals surface area contributed by atoms with Crippen LogP contribution in [0.4, 0.5) is 0 Å². The Bertz CT molecular complexity index is 547. The molecule has 0 radical (unpaired) electrons. The molecule has 1 fully saturated rings. The number of rotatable bonds is 6. The summed E-state index contributed by atoms with van der Waals surface area (Å²) >= 11 is 0. The van der Waals surface area contributed by atoms with E-state index in [9.17, 15) is 9.59 Å². The minimum atomic E-state index is -0.685. The Kier molecular flexibility index (Phi) is 6.31. The molecule has 0 saturated heterocycles. The summed E-state index contributed by atoms with van der Waals surface area (Å²) < 4.78 is 5.16. The van der Waals surface area contributed by atoms with Crippen molar-refractivity contribution in [3.05, 3.63) is 29.6 Å². The second-order valence-corrected chi connectivity index (χ2v) is 6.67. The summed E-state index contributed by atoms with van der Waals surface area (Å²) in [6.07, 6.45) is 6.06. The molecule has 1 aliphatic carbocycles. The van der Waals surface area contributed by atoms with Gasteiger partial charge in [-0.3, -0.25) is 14.6 Å². The van der Waals surface area contributed by atoms with Gasteiger partial charge >= 0.3 is 5.97 Å². The maximum atomic E-state index is 12.9. The van der Waals surface area contributed by atoms with E-state index >= 15 is 0 Å². The topological polar surface area (TPSA) is 56.3 Å². The van der Waals surface area contributed by atoms with E-state index in [-0.39, 0.29) is 17.7 Å². The van der Waals surface area contributed by atoms with Crippen LogP contribution in [-0.4, -0.2) is 23.3 Å². The number of ketones is 1. The van der Waals surface area contributed by atoms with Crippen LogP contribution in [0.5, 0.6) is 0 Å². The average Bonchev–Trinajstić information content (AvgIpc) is 2.53. The van der Waals surface area contributed by atoms with Gasteiger partial charge in [-0.25, -0.2) is 0 Å². The van der Waals surface area contributed by atoms with Crippen molar-refractivity contribution in [2.45, 2.75) is 52.9 Å². The summed E-state index contributed by atoms with van der Waals surface area (Å²) in [6, 6.07) is 3.80. The first-order valence-electron chi connectivity index (χ1n) is 8.63. The number of carbonyl (C=O) groups is 2. The number of carbonyl (C=O) groups excluding carboxylic acids is 2. The fourth-order valence-corrected chi connectivity index (χ4v) is 3.34. The van der Waals surface area contributed by atoms with Gasteiger partial charge in [0.1, 0.15) is 5.92 Å². The summed E-state index contributed by atoms with van der Waals surface area (Å²) in [5, 5.41) is 0. The maximum Gasteiger partial charge on any atom is 0.316 e. The number of hydrogen-bond acceptors (Lipinski definition) is 4. The molecule has 1 aromatic rings. The van der Waals surface area contributed by atoms with E-state index in [0.717, 1.165) is 36.9 Å². The molecule has 4 nitrogen and oxygen atoms in total. The Morgan fingerprint density at radius 3 is 2.61 bits per heavy atom. The third-order valence-corrected chi connectivity index (χ3v) is 4.73. The van der Waals surface area contributed by atoms with Gasteiger partial charge in [0, 0.05) is 17.8 Å². The van der Waals surface area contributed by atoms with Crippen LogP contribution in [0, 0.1) is 24.7 Å². The van der Waals surface area contributed by atoms with Crippen LogP contribution in [0.25, 0.3) is 0 Å². The Morgan fingerprint density at radius 1 is 1.30 bits per heavy atom. The van der Waals surface area contributed by atoms with Crippen LogP contribution in [0.15, 0.2) is 18.3 Å². The molecule has 1 aliphatic rings. The minimum Gasteiger partial charge on any atom is -0.465 e. The Morgan fingerprint density at radius 2 is 2.00 bits per heavy atom. The molecule has 4 heteroatoms. The predicted octanol–water partition coefficient (Wildman–Crippen LogP) is 3.51. The monoisotopic (exact) mass is 317 g/mol. The molecule has 1 heterocycles. The second kappa shape index (κ2) is 8.23. The van der Waals surface area contributed by atoms with Crippen molar-refractivity contribution in [3.8, 4) is 0 Å². The highest BCUT2D eigenvalue weighted by atomic mass is 16.5. The zero-order chi connectivity index (χ0) is 16.8. The number of esters is 1. The van der Waals surface area contributed by atoms with Gasteiger partial charge in [-0.2, -0.15) is 0 Å². The van der Waals surface area contributed by atoms with Crippen molar-refractivity contribution in [2.24, 2.45) is 17.8 Å². The first-order chi connectivity index (χ1) is 11.0. The van der Waals surface area contributed by atoms with E-state index in [1.54, 1.807) is 13.1 Å². The predicted molar refractivity (Wildman–Crippen MR) is 88.9 cm³/mol. The molecular formula is C19H27NO3. The van der Waals surface area contributed by atoms with Crippen molar-refractivity contribution in [1.29, 1.82) is 0 Å². The summed E-state index contributed by atoms with van der Waals surface area (Å²) in [4.78, 5) is 29.4. The van der Waals surface area contributed by atoms with E-state index in [4.69, 9.17) is 4.74 Å². The average molecular weight is 317 g/mol. The molecule has 0 spiro atoms. The van der Waals surface area contributed by atoms with Gasteiger partial charge in [0.05, 0.1) is 6.61 Å². The van der Waals surface area contributed by atoms with E-state index in [1.165, 1.54) is 0 Å². The summed E-state index contributed by atoms with van der Waals surface area (Å²) in [6.45, 7) is 6.22. The standard InChI is InChI=1S/C19H27NO3/c1-4-23-19(22)17(12-15-9-10-20-14(3)11-15)18(21)16-7-5-13(2)6-8-16/h9-11,13,16-17H,4-8,12H2,1-3H3. The quantitative estimate of drug-likeness (QED) is 0.595. The number of ether oxygens (including phenoxy) is 1. The van der Waals surface area contributed by atoms with Gasteiger partial charge in [-0.1, -0.05) is 19.8 Å². The lowest BCUT2D eigenvalue weighted by Gasteiger charge is -2.27. The van der Waals surface area contributed by atoms with Gasteiger partial charge in [0.15, 0.2) is 5.78 Å². The van der Waals surface area contributed by atoms with Gasteiger partial charge in [-0.15, -0.1) is 0 Å². The third kappa shape index (κ3) is 4.88. The molecule has 1 aromatic heterocycles. The lowest BCUT2D eigenvalue weighted by atomic mass is 9.76. The highest BCUT2D eigenvalue weighted by Crippen LogP contribution is 2.31. The largest absolute Gasteiger partial charge is 0.465 e. The number of aromatic nitrogens is 1. The third-order valence-electron chi connectivity index (χ3n) is 4.73. The van der Waals surface area contributed by atoms with Gasteiger partial charge in [0.2, 0.25) is 0 Å². The number of nitrogens with zero attached hydrogens (tertiary/aromatic N) is 1. The molecule has 0 bridgehead atoms. The summed E-state index contributed by atoms with van der Waals surface area (Å²) in [5.74, 6) is -0.322. The first-order valence-corrected chi connectivity index (χ1v) is 8.63.